The van der Waals surface area contributed by atoms with Gasteiger partial charge in [0, 0.05) is 17.3 Å². The number of ether oxygens (including phenoxy) is 2. The Morgan fingerprint density at radius 3 is 2.42 bits per heavy atom. The van der Waals surface area contributed by atoms with Crippen molar-refractivity contribution in [2.24, 2.45) is 5.73 Å². The zero-order valence-corrected chi connectivity index (χ0v) is 20.8. The van der Waals surface area contributed by atoms with Crippen molar-refractivity contribution in [3.63, 3.8) is 0 Å². The lowest BCUT2D eigenvalue weighted by Crippen LogP contribution is -2.20. The molecule has 0 aromatic heterocycles. The van der Waals surface area contributed by atoms with Crippen molar-refractivity contribution in [1.29, 1.82) is 0 Å². The fourth-order valence-corrected chi connectivity index (χ4v) is 3.05. The highest BCUT2D eigenvalue weighted by atomic mass is 16.5. The third-order valence-electron chi connectivity index (χ3n) is 5.01. The molecule has 3 rings (SSSR count). The fourth-order valence-electron chi connectivity index (χ4n) is 3.05. The van der Waals surface area contributed by atoms with Crippen LogP contribution in [0.5, 0.6) is 11.5 Å². The Labute approximate surface area is 199 Å². The summed E-state index contributed by atoms with van der Waals surface area (Å²) in [7, 11) is 0. The zero-order chi connectivity index (χ0) is 24.8. The average Bonchev–Trinajstić information content (AvgIpc) is 3.65. The average molecular weight is 456 g/mol. The summed E-state index contributed by atoms with van der Waals surface area (Å²) in [6.07, 6.45) is 4.90. The monoisotopic (exact) mass is 455 g/mol. The molecule has 1 fully saturated rings. The lowest BCUT2D eigenvalue weighted by molar-refractivity contribution is -0.109. The second-order valence-electron chi connectivity index (χ2n) is 7.63. The van der Waals surface area contributed by atoms with Gasteiger partial charge in [0.25, 0.3) is 0 Å². The number of carbonyl (C=O) groups is 1. The lowest BCUT2D eigenvalue weighted by Gasteiger charge is -2.23. The first kappa shape index (κ1) is 28.0. The number of hydrogen-bond acceptors (Lipinski definition) is 5. The van der Waals surface area contributed by atoms with Crippen LogP contribution < -0.4 is 26.3 Å². The molecule has 1 saturated carbocycles. The Balaban J connectivity index is 0.000000578. The van der Waals surface area contributed by atoms with E-state index in [-0.39, 0.29) is 0 Å². The van der Waals surface area contributed by atoms with Gasteiger partial charge in [0.1, 0.15) is 17.3 Å². The molecule has 6 heteroatoms. The number of hydrogen-bond donors (Lipinski definition) is 3. The van der Waals surface area contributed by atoms with Crippen LogP contribution in [0.25, 0.3) is 0 Å². The Kier molecular flexibility index (Phi) is 12.7. The minimum absolute atomic E-state index is 0.444. The predicted octanol–water partition coefficient (Wildman–Crippen LogP) is 5.44. The lowest BCUT2D eigenvalue weighted by atomic mass is 9.99. The second kappa shape index (κ2) is 15.0. The Morgan fingerprint density at radius 2 is 1.88 bits per heavy atom. The van der Waals surface area contributed by atoms with Crippen LogP contribution in [-0.2, 0) is 11.2 Å². The molecule has 0 spiro atoms. The molecular weight excluding hydrogens is 414 g/mol. The molecule has 182 valence electrons. The van der Waals surface area contributed by atoms with E-state index in [0.29, 0.717) is 24.1 Å². The van der Waals surface area contributed by atoms with Crippen molar-refractivity contribution in [2.75, 3.05) is 12.3 Å². The molecule has 0 radical (unpaired) electrons. The number of anilines is 1. The second-order valence-corrected chi connectivity index (χ2v) is 7.63. The smallest absolute Gasteiger partial charge is 0.207 e. The molecule has 1 aliphatic rings. The van der Waals surface area contributed by atoms with Gasteiger partial charge >= 0.3 is 0 Å². The van der Waals surface area contributed by atoms with Gasteiger partial charge in [0.15, 0.2) is 0 Å². The van der Waals surface area contributed by atoms with Crippen LogP contribution in [0.15, 0.2) is 48.7 Å². The highest BCUT2D eigenvalue weighted by molar-refractivity contribution is 5.60. The zero-order valence-electron chi connectivity index (χ0n) is 20.8. The van der Waals surface area contributed by atoms with Crippen molar-refractivity contribution in [2.45, 2.75) is 72.4 Å². The largest absolute Gasteiger partial charge is 0.493 e. The van der Waals surface area contributed by atoms with E-state index in [4.69, 9.17) is 20.9 Å². The molecule has 0 saturated heterocycles. The minimum atomic E-state index is -0.573. The van der Waals surface area contributed by atoms with E-state index in [1.807, 2.05) is 57.2 Å². The SMILES string of the molecule is C=C(Oc1ccccc1CC)C(N)c1c(N)ccc(C)c1OCCC.CC.O=CNC1CC1. The van der Waals surface area contributed by atoms with Crippen molar-refractivity contribution >= 4 is 12.1 Å². The number of amides is 1. The van der Waals surface area contributed by atoms with Crippen molar-refractivity contribution in [3.05, 3.63) is 65.4 Å². The molecular formula is C27H41N3O3. The van der Waals surface area contributed by atoms with Crippen LogP contribution in [0.3, 0.4) is 0 Å². The van der Waals surface area contributed by atoms with Gasteiger partial charge in [-0.1, -0.05) is 58.5 Å². The summed E-state index contributed by atoms with van der Waals surface area (Å²) in [6, 6.07) is 11.6. The van der Waals surface area contributed by atoms with Crippen molar-refractivity contribution < 1.29 is 14.3 Å². The van der Waals surface area contributed by atoms with E-state index in [1.54, 1.807) is 0 Å². The van der Waals surface area contributed by atoms with E-state index in [0.717, 1.165) is 47.4 Å². The molecule has 1 atom stereocenters. The molecule has 0 bridgehead atoms. The van der Waals surface area contributed by atoms with Gasteiger partial charge in [0.2, 0.25) is 6.41 Å². The highest BCUT2D eigenvalue weighted by Crippen LogP contribution is 2.36. The first-order chi connectivity index (χ1) is 15.9. The minimum Gasteiger partial charge on any atom is -0.493 e. The number of nitrogens with two attached hydrogens (primary N) is 2. The molecule has 6 nitrogen and oxygen atoms in total. The molecule has 1 aliphatic carbocycles. The van der Waals surface area contributed by atoms with Crippen LogP contribution in [0.4, 0.5) is 5.69 Å². The maximum Gasteiger partial charge on any atom is 0.207 e. The van der Waals surface area contributed by atoms with Gasteiger partial charge < -0.3 is 26.3 Å². The van der Waals surface area contributed by atoms with Crippen LogP contribution in [0.2, 0.25) is 0 Å². The van der Waals surface area contributed by atoms with Crippen molar-refractivity contribution in [1.82, 2.24) is 5.32 Å². The Morgan fingerprint density at radius 1 is 1.21 bits per heavy atom. The van der Waals surface area contributed by atoms with Crippen LogP contribution in [0.1, 0.15) is 69.7 Å². The Bertz CT molecular complexity index is 879. The van der Waals surface area contributed by atoms with Crippen molar-refractivity contribution in [3.8, 4) is 11.5 Å². The molecule has 0 heterocycles. The van der Waals surface area contributed by atoms with Gasteiger partial charge in [-0.3, -0.25) is 4.79 Å². The summed E-state index contributed by atoms with van der Waals surface area (Å²) in [5.74, 6) is 1.94. The van der Waals surface area contributed by atoms with Crippen LogP contribution in [0, 0.1) is 6.92 Å². The summed E-state index contributed by atoms with van der Waals surface area (Å²) < 4.78 is 11.9. The number of para-hydroxylation sites is 1. The maximum absolute atomic E-state index is 9.54. The van der Waals surface area contributed by atoms with E-state index in [9.17, 15) is 4.79 Å². The van der Waals surface area contributed by atoms with Gasteiger partial charge in [-0.25, -0.2) is 0 Å². The van der Waals surface area contributed by atoms with Gasteiger partial charge in [-0.05, 0) is 55.9 Å². The van der Waals surface area contributed by atoms with E-state index in [1.165, 1.54) is 12.8 Å². The summed E-state index contributed by atoms with van der Waals surface area (Å²) in [6.45, 7) is 14.8. The maximum atomic E-state index is 9.54. The third kappa shape index (κ3) is 8.81. The molecule has 5 N–H and O–H groups in total. The number of nitrogen functional groups attached to an aromatic ring is 1. The van der Waals surface area contributed by atoms with Gasteiger partial charge in [-0.15, -0.1) is 0 Å². The fraction of sp³-hybridized carbons (Fsp3) is 0.444. The molecule has 33 heavy (non-hydrogen) atoms. The Hall–Kier alpha value is -2.99. The normalized spacial score (nSPS) is 12.8. The third-order valence-corrected chi connectivity index (χ3v) is 5.01. The quantitative estimate of drug-likeness (QED) is 0.252. The summed E-state index contributed by atoms with van der Waals surface area (Å²) in [5, 5.41) is 2.64. The highest BCUT2D eigenvalue weighted by Gasteiger charge is 2.22. The first-order valence-corrected chi connectivity index (χ1v) is 11.8. The van der Waals surface area contributed by atoms with E-state index >= 15 is 0 Å². The standard InChI is InChI=1S/C21H28N2O2.C4H7NO.C2H6/c1-5-13-24-21-14(3)11-12-17(22)19(21)20(23)15(4)25-18-10-8-7-9-16(18)6-2;6-3-5-4-1-2-4;1-2/h7-12,20H,4-6,13,22-23H2,1-3H3;3-4H,1-2H2,(H,5,6);1-2H3. The van der Waals surface area contributed by atoms with E-state index in [2.05, 4.69) is 25.7 Å². The number of benzene rings is 2. The molecule has 0 aliphatic heterocycles. The summed E-state index contributed by atoms with van der Waals surface area (Å²) in [4.78, 5) is 9.54. The topological polar surface area (TPSA) is 99.6 Å². The van der Waals surface area contributed by atoms with Gasteiger partial charge in [-0.2, -0.15) is 0 Å². The molecule has 2 aromatic rings. The summed E-state index contributed by atoms with van der Waals surface area (Å²) >= 11 is 0. The van der Waals surface area contributed by atoms with Gasteiger partial charge in [0.05, 0.1) is 12.6 Å². The van der Waals surface area contributed by atoms with Crippen LogP contribution in [-0.4, -0.2) is 19.1 Å². The number of nitrogens with one attached hydrogen (secondary N) is 1. The van der Waals surface area contributed by atoms with Crippen LogP contribution >= 0.6 is 0 Å². The molecule has 1 unspecified atom stereocenters. The number of carbonyl (C=O) groups excluding carboxylic acids is 1. The molecule has 1 amide bonds. The molecule has 2 aromatic carbocycles. The number of aryl methyl sites for hydroxylation is 2. The first-order valence-electron chi connectivity index (χ1n) is 11.8. The number of rotatable bonds is 10. The predicted molar refractivity (Wildman–Crippen MR) is 137 cm³/mol. The van der Waals surface area contributed by atoms with E-state index < -0.39 is 6.04 Å². The summed E-state index contributed by atoms with van der Waals surface area (Å²) in [5.41, 5.74) is 16.0.